The molecule has 20 heavy (non-hydrogen) atoms. The van der Waals surface area contributed by atoms with Crippen molar-refractivity contribution in [2.75, 3.05) is 13.7 Å². The molecule has 3 rings (SSSR count). The topological polar surface area (TPSA) is 9.23 Å². The van der Waals surface area contributed by atoms with Crippen LogP contribution in [0, 0.1) is 17.8 Å². The second kappa shape index (κ2) is 6.49. The van der Waals surface area contributed by atoms with Gasteiger partial charge in [0.05, 0.1) is 12.0 Å². The van der Waals surface area contributed by atoms with Crippen molar-refractivity contribution < 1.29 is 4.74 Å². The average Bonchev–Trinajstić information content (AvgIpc) is 3.08. The molecule has 2 saturated carbocycles. The second-order valence-electron chi connectivity index (χ2n) is 6.62. The number of methoxy groups -OCH3 is 1. The highest BCUT2D eigenvalue weighted by Gasteiger charge is 2.39. The summed E-state index contributed by atoms with van der Waals surface area (Å²) >= 11 is 6.66. The van der Waals surface area contributed by atoms with E-state index in [1.807, 2.05) is 0 Å². The van der Waals surface area contributed by atoms with Crippen LogP contribution < -0.4 is 0 Å². The standard InChI is InChI=1S/C18H25ClO/c1-20-9-8-13-2-5-15(6-3-13)18(19)12-17-11-14-4-7-16(17)10-14/h2-3,5-6,14,16-18H,4,7-12H2,1H3. The Bertz CT molecular complexity index is 428. The molecule has 0 amide bonds. The van der Waals surface area contributed by atoms with E-state index >= 15 is 0 Å². The van der Waals surface area contributed by atoms with Gasteiger partial charge in [-0.05, 0) is 61.0 Å². The summed E-state index contributed by atoms with van der Waals surface area (Å²) in [7, 11) is 1.75. The molecule has 2 bridgehead atoms. The molecule has 4 unspecified atom stereocenters. The molecule has 110 valence electrons. The summed E-state index contributed by atoms with van der Waals surface area (Å²) < 4.78 is 5.11. The first-order chi connectivity index (χ1) is 9.76. The van der Waals surface area contributed by atoms with E-state index in [0.29, 0.717) is 0 Å². The molecule has 0 aliphatic heterocycles. The van der Waals surface area contributed by atoms with Gasteiger partial charge in [0.2, 0.25) is 0 Å². The molecule has 2 heteroatoms. The number of halogens is 1. The van der Waals surface area contributed by atoms with E-state index in [9.17, 15) is 0 Å². The molecule has 0 saturated heterocycles. The Labute approximate surface area is 127 Å². The van der Waals surface area contributed by atoms with E-state index < -0.39 is 0 Å². The summed E-state index contributed by atoms with van der Waals surface area (Å²) in [6.07, 6.45) is 7.98. The third-order valence-electron chi connectivity index (χ3n) is 5.33. The van der Waals surface area contributed by atoms with Gasteiger partial charge in [0.25, 0.3) is 0 Å². The molecule has 2 aliphatic rings. The number of rotatable bonds is 6. The van der Waals surface area contributed by atoms with E-state index in [-0.39, 0.29) is 5.38 Å². The molecule has 1 aromatic carbocycles. The van der Waals surface area contributed by atoms with Crippen LogP contribution in [0.2, 0.25) is 0 Å². The lowest BCUT2D eigenvalue weighted by Gasteiger charge is -2.24. The van der Waals surface area contributed by atoms with Gasteiger partial charge >= 0.3 is 0 Å². The largest absolute Gasteiger partial charge is 0.384 e. The van der Waals surface area contributed by atoms with Crippen LogP contribution in [0.3, 0.4) is 0 Å². The van der Waals surface area contributed by atoms with Gasteiger partial charge in [0.1, 0.15) is 0 Å². The predicted octanol–water partition coefficient (Wildman–Crippen LogP) is 4.98. The minimum Gasteiger partial charge on any atom is -0.384 e. The van der Waals surface area contributed by atoms with Gasteiger partial charge in [-0.2, -0.15) is 0 Å². The zero-order chi connectivity index (χ0) is 13.9. The van der Waals surface area contributed by atoms with Crippen LogP contribution in [0.1, 0.15) is 48.6 Å². The number of ether oxygens (including phenoxy) is 1. The SMILES string of the molecule is COCCc1ccc(C(Cl)CC2CC3CCC2C3)cc1. The first kappa shape index (κ1) is 14.4. The maximum atomic E-state index is 6.66. The third kappa shape index (κ3) is 3.20. The van der Waals surface area contributed by atoms with E-state index in [4.69, 9.17) is 16.3 Å². The second-order valence-corrected chi connectivity index (χ2v) is 7.15. The minimum absolute atomic E-state index is 0.191. The van der Waals surface area contributed by atoms with E-state index in [2.05, 4.69) is 24.3 Å². The van der Waals surface area contributed by atoms with Crippen molar-refractivity contribution in [2.45, 2.75) is 43.9 Å². The Balaban J connectivity index is 1.55. The molecule has 0 N–H and O–H groups in total. The highest BCUT2D eigenvalue weighted by atomic mass is 35.5. The number of fused-ring (bicyclic) bond motifs is 2. The van der Waals surface area contributed by atoms with Crippen LogP contribution in [0.15, 0.2) is 24.3 Å². The first-order valence-electron chi connectivity index (χ1n) is 7.98. The Morgan fingerprint density at radius 3 is 2.60 bits per heavy atom. The van der Waals surface area contributed by atoms with Gasteiger partial charge in [-0.25, -0.2) is 0 Å². The fourth-order valence-electron chi connectivity index (χ4n) is 4.18. The van der Waals surface area contributed by atoms with Crippen molar-refractivity contribution in [2.24, 2.45) is 17.8 Å². The quantitative estimate of drug-likeness (QED) is 0.672. The average molecular weight is 293 g/mol. The van der Waals surface area contributed by atoms with Crippen molar-refractivity contribution in [1.82, 2.24) is 0 Å². The van der Waals surface area contributed by atoms with E-state index in [0.717, 1.165) is 30.8 Å². The Morgan fingerprint density at radius 1 is 1.20 bits per heavy atom. The van der Waals surface area contributed by atoms with Gasteiger partial charge < -0.3 is 4.74 Å². The Hall–Kier alpha value is -0.530. The first-order valence-corrected chi connectivity index (χ1v) is 8.41. The van der Waals surface area contributed by atoms with Crippen molar-refractivity contribution in [1.29, 1.82) is 0 Å². The summed E-state index contributed by atoms with van der Waals surface area (Å²) in [4.78, 5) is 0. The van der Waals surface area contributed by atoms with Crippen LogP contribution in [-0.4, -0.2) is 13.7 Å². The van der Waals surface area contributed by atoms with Crippen LogP contribution in [-0.2, 0) is 11.2 Å². The summed E-state index contributed by atoms with van der Waals surface area (Å²) in [6.45, 7) is 0.787. The smallest absolute Gasteiger partial charge is 0.0588 e. The van der Waals surface area contributed by atoms with E-state index in [1.165, 1.54) is 43.2 Å². The number of benzene rings is 1. The zero-order valence-corrected chi connectivity index (χ0v) is 13.1. The summed E-state index contributed by atoms with van der Waals surface area (Å²) in [6, 6.07) is 8.81. The molecule has 1 aromatic rings. The Kier molecular flexibility index (Phi) is 4.68. The van der Waals surface area contributed by atoms with Crippen LogP contribution in [0.4, 0.5) is 0 Å². The van der Waals surface area contributed by atoms with Crippen molar-refractivity contribution in [3.63, 3.8) is 0 Å². The number of alkyl halides is 1. The lowest BCUT2D eigenvalue weighted by molar-refractivity contribution is 0.202. The molecule has 2 fully saturated rings. The Morgan fingerprint density at radius 2 is 2.00 bits per heavy atom. The van der Waals surface area contributed by atoms with Gasteiger partial charge in [-0.1, -0.05) is 30.7 Å². The third-order valence-corrected chi connectivity index (χ3v) is 5.76. The molecule has 0 spiro atoms. The highest BCUT2D eigenvalue weighted by molar-refractivity contribution is 6.20. The molecule has 2 aliphatic carbocycles. The molecular formula is C18H25ClO. The molecule has 0 heterocycles. The van der Waals surface area contributed by atoms with Crippen molar-refractivity contribution in [3.05, 3.63) is 35.4 Å². The van der Waals surface area contributed by atoms with Crippen LogP contribution >= 0.6 is 11.6 Å². The predicted molar refractivity (Wildman–Crippen MR) is 84.2 cm³/mol. The summed E-state index contributed by atoms with van der Waals surface area (Å²) in [5.74, 6) is 2.87. The maximum absolute atomic E-state index is 6.66. The minimum atomic E-state index is 0.191. The van der Waals surface area contributed by atoms with Crippen LogP contribution in [0.25, 0.3) is 0 Å². The maximum Gasteiger partial charge on any atom is 0.0588 e. The van der Waals surface area contributed by atoms with Gasteiger partial charge in [0.15, 0.2) is 0 Å². The molecular weight excluding hydrogens is 268 g/mol. The molecule has 0 aromatic heterocycles. The summed E-state index contributed by atoms with van der Waals surface area (Å²) in [5.41, 5.74) is 2.62. The van der Waals surface area contributed by atoms with Gasteiger partial charge in [-0.3, -0.25) is 0 Å². The van der Waals surface area contributed by atoms with Crippen molar-refractivity contribution >= 4 is 11.6 Å². The number of hydrogen-bond acceptors (Lipinski definition) is 1. The molecule has 4 atom stereocenters. The normalized spacial score (nSPS) is 29.8. The lowest BCUT2D eigenvalue weighted by atomic mass is 9.84. The zero-order valence-electron chi connectivity index (χ0n) is 12.4. The lowest BCUT2D eigenvalue weighted by Crippen LogP contribution is -2.12. The van der Waals surface area contributed by atoms with Crippen molar-refractivity contribution in [3.8, 4) is 0 Å². The fraction of sp³-hybridized carbons (Fsp3) is 0.667. The van der Waals surface area contributed by atoms with Crippen LogP contribution in [0.5, 0.6) is 0 Å². The summed E-state index contributed by atoms with van der Waals surface area (Å²) in [5, 5.41) is 0.191. The highest BCUT2D eigenvalue weighted by Crippen LogP contribution is 2.51. The monoisotopic (exact) mass is 292 g/mol. The van der Waals surface area contributed by atoms with Gasteiger partial charge in [-0.15, -0.1) is 11.6 Å². The fourth-order valence-corrected chi connectivity index (χ4v) is 4.55. The molecule has 1 nitrogen and oxygen atoms in total. The van der Waals surface area contributed by atoms with Gasteiger partial charge in [0, 0.05) is 7.11 Å². The van der Waals surface area contributed by atoms with E-state index in [1.54, 1.807) is 7.11 Å². The number of hydrogen-bond donors (Lipinski definition) is 0. The molecule has 0 radical (unpaired) electrons.